The zero-order valence-corrected chi connectivity index (χ0v) is 10.1. The molecule has 0 saturated heterocycles. The van der Waals surface area contributed by atoms with Gasteiger partial charge in [0.25, 0.3) is 6.47 Å². The number of nitrogens with two attached hydrogens (primary N) is 1. The van der Waals surface area contributed by atoms with Crippen LogP contribution in [0.5, 0.6) is 0 Å². The molecule has 0 aromatic rings. The summed E-state index contributed by atoms with van der Waals surface area (Å²) < 4.78 is 0. The van der Waals surface area contributed by atoms with E-state index in [-0.39, 0.29) is 19.6 Å². The Morgan fingerprint density at radius 3 is 1.83 bits per heavy atom. The summed E-state index contributed by atoms with van der Waals surface area (Å²) in [5.41, 5.74) is 5.31. The third kappa shape index (κ3) is 16.7. The molecule has 0 aromatic carbocycles. The molecule has 0 amide bonds. The summed E-state index contributed by atoms with van der Waals surface area (Å²) in [4.78, 5) is 30.6. The van der Waals surface area contributed by atoms with Crippen LogP contribution in [0.25, 0.3) is 0 Å². The minimum absolute atomic E-state index is 0.227. The quantitative estimate of drug-likeness (QED) is 0.316. The molecule has 0 aliphatic heterocycles. The molecule has 8 nitrogen and oxygen atoms in total. The van der Waals surface area contributed by atoms with Crippen LogP contribution >= 0.6 is 0 Å². The number of carboxylic acid groups (broad SMARTS) is 3. The van der Waals surface area contributed by atoms with E-state index in [0.717, 1.165) is 19.3 Å². The summed E-state index contributed by atoms with van der Waals surface area (Å²) in [5, 5.41) is 24.0. The van der Waals surface area contributed by atoms with Gasteiger partial charge in [-0.05, 0) is 25.9 Å². The molecule has 0 aliphatic carbocycles. The molecule has 8 heteroatoms. The van der Waals surface area contributed by atoms with Crippen LogP contribution in [-0.2, 0) is 14.4 Å². The summed E-state index contributed by atoms with van der Waals surface area (Å²) in [6.07, 6.45) is 2.55. The zero-order valence-electron chi connectivity index (χ0n) is 10.1. The summed E-state index contributed by atoms with van der Waals surface area (Å²) in [5.74, 6) is -2.01. The highest BCUT2D eigenvalue weighted by Gasteiger charge is 2.12. The van der Waals surface area contributed by atoms with E-state index in [2.05, 4.69) is 0 Å². The molecule has 0 bridgehead atoms. The highest BCUT2D eigenvalue weighted by atomic mass is 16.4. The number of carboxylic acids is 2. The second-order valence-corrected chi connectivity index (χ2v) is 3.45. The number of nitrogens with zero attached hydrogens (tertiary/aromatic N) is 1. The fourth-order valence-electron chi connectivity index (χ4n) is 1.25. The van der Waals surface area contributed by atoms with Crippen molar-refractivity contribution in [2.24, 2.45) is 5.73 Å². The van der Waals surface area contributed by atoms with Gasteiger partial charge < -0.3 is 21.1 Å². The lowest BCUT2D eigenvalue weighted by Crippen LogP contribution is -2.35. The number of unbranched alkanes of at least 4 members (excludes halogenated alkanes) is 2. The number of rotatable bonds is 9. The number of aliphatic carboxylic acids is 2. The Morgan fingerprint density at radius 1 is 1.06 bits per heavy atom. The first-order chi connectivity index (χ1) is 8.47. The van der Waals surface area contributed by atoms with Crippen LogP contribution in [0.2, 0.25) is 0 Å². The summed E-state index contributed by atoms with van der Waals surface area (Å²) in [6, 6.07) is 0. The minimum atomic E-state index is -1.00. The van der Waals surface area contributed by atoms with Crippen LogP contribution in [0, 0.1) is 0 Å². The molecule has 0 saturated carbocycles. The molecule has 5 N–H and O–H groups in total. The van der Waals surface area contributed by atoms with Gasteiger partial charge in [0.2, 0.25) is 0 Å². The van der Waals surface area contributed by atoms with Gasteiger partial charge in [-0.25, -0.2) is 0 Å². The monoisotopic (exact) mass is 264 g/mol. The van der Waals surface area contributed by atoms with Crippen molar-refractivity contribution in [3.8, 4) is 0 Å². The molecule has 18 heavy (non-hydrogen) atoms. The molecule has 0 aromatic heterocycles. The fourth-order valence-corrected chi connectivity index (χ4v) is 1.25. The molecule has 0 aliphatic rings. The number of hydrogen-bond acceptors (Lipinski definition) is 5. The van der Waals surface area contributed by atoms with Crippen LogP contribution in [0.3, 0.4) is 0 Å². The highest BCUT2D eigenvalue weighted by molar-refractivity contribution is 5.72. The van der Waals surface area contributed by atoms with Gasteiger partial charge in [-0.1, -0.05) is 6.42 Å². The van der Waals surface area contributed by atoms with E-state index in [1.165, 1.54) is 4.90 Å². The highest BCUT2D eigenvalue weighted by Crippen LogP contribution is 1.98. The molecular weight excluding hydrogens is 244 g/mol. The van der Waals surface area contributed by atoms with Crippen molar-refractivity contribution in [1.29, 1.82) is 0 Å². The maximum absolute atomic E-state index is 10.4. The summed E-state index contributed by atoms with van der Waals surface area (Å²) in [6.45, 7) is 0.389. The first kappa shape index (κ1) is 18.7. The standard InChI is InChI=1S/C9H18N2O4.CH2O2/c10-4-2-1-3-5-11(6-8(12)13)7-9(14)15;2-1-3/h1-7,10H2,(H,12,13)(H,14,15);1H,(H,2,3). The molecule has 0 heterocycles. The van der Waals surface area contributed by atoms with Crippen molar-refractivity contribution < 1.29 is 29.7 Å². The first-order valence-corrected chi connectivity index (χ1v) is 5.41. The molecular formula is C10H20N2O6. The van der Waals surface area contributed by atoms with E-state index in [1.807, 2.05) is 0 Å². The van der Waals surface area contributed by atoms with E-state index in [1.54, 1.807) is 0 Å². The molecule has 0 atom stereocenters. The average molecular weight is 264 g/mol. The average Bonchev–Trinajstić information content (AvgIpc) is 2.23. The van der Waals surface area contributed by atoms with Crippen molar-refractivity contribution in [2.75, 3.05) is 26.2 Å². The van der Waals surface area contributed by atoms with Crippen molar-refractivity contribution in [1.82, 2.24) is 4.90 Å². The number of hydrogen-bond donors (Lipinski definition) is 4. The fraction of sp³-hybridized carbons (Fsp3) is 0.700. The van der Waals surface area contributed by atoms with Crippen LogP contribution < -0.4 is 5.73 Å². The molecule has 0 spiro atoms. The third-order valence-corrected chi connectivity index (χ3v) is 1.90. The van der Waals surface area contributed by atoms with Crippen LogP contribution in [0.1, 0.15) is 19.3 Å². The Bertz CT molecular complexity index is 231. The molecule has 0 fully saturated rings. The number of carbonyl (C=O) groups is 3. The minimum Gasteiger partial charge on any atom is -0.483 e. The van der Waals surface area contributed by atoms with Crippen molar-refractivity contribution in [3.63, 3.8) is 0 Å². The topological polar surface area (TPSA) is 141 Å². The van der Waals surface area contributed by atoms with Gasteiger partial charge in [-0.3, -0.25) is 19.3 Å². The maximum Gasteiger partial charge on any atom is 0.317 e. The maximum atomic E-state index is 10.4. The smallest absolute Gasteiger partial charge is 0.317 e. The SMILES string of the molecule is NCCCCCN(CC(=O)O)CC(=O)O.O=CO. The molecule has 0 radical (unpaired) electrons. The predicted octanol–water partition coefficient (Wildman–Crippen LogP) is -0.713. The predicted molar refractivity (Wildman–Crippen MR) is 63.3 cm³/mol. The summed E-state index contributed by atoms with van der Waals surface area (Å²) >= 11 is 0. The Hall–Kier alpha value is -1.67. The van der Waals surface area contributed by atoms with E-state index in [0.29, 0.717) is 13.1 Å². The lowest BCUT2D eigenvalue weighted by Gasteiger charge is -2.17. The van der Waals surface area contributed by atoms with E-state index >= 15 is 0 Å². The first-order valence-electron chi connectivity index (χ1n) is 5.41. The van der Waals surface area contributed by atoms with Crippen molar-refractivity contribution in [2.45, 2.75) is 19.3 Å². The van der Waals surface area contributed by atoms with Crippen LogP contribution in [0.4, 0.5) is 0 Å². The lowest BCUT2D eigenvalue weighted by molar-refractivity contribution is -0.141. The van der Waals surface area contributed by atoms with Crippen molar-refractivity contribution >= 4 is 18.4 Å². The van der Waals surface area contributed by atoms with Gasteiger partial charge in [-0.2, -0.15) is 0 Å². The van der Waals surface area contributed by atoms with Gasteiger partial charge in [-0.15, -0.1) is 0 Å². The normalized spacial score (nSPS) is 9.44. The van der Waals surface area contributed by atoms with Gasteiger partial charge in [0, 0.05) is 0 Å². The van der Waals surface area contributed by atoms with E-state index < -0.39 is 11.9 Å². The van der Waals surface area contributed by atoms with Gasteiger partial charge >= 0.3 is 11.9 Å². The largest absolute Gasteiger partial charge is 0.483 e. The van der Waals surface area contributed by atoms with Gasteiger partial charge in [0.05, 0.1) is 13.1 Å². The second kappa shape index (κ2) is 13.4. The van der Waals surface area contributed by atoms with Gasteiger partial charge in [0.1, 0.15) is 0 Å². The second-order valence-electron chi connectivity index (χ2n) is 3.45. The third-order valence-electron chi connectivity index (χ3n) is 1.90. The molecule has 106 valence electrons. The van der Waals surface area contributed by atoms with Crippen molar-refractivity contribution in [3.05, 3.63) is 0 Å². The zero-order chi connectivity index (χ0) is 14.4. The Kier molecular flexibility index (Phi) is 13.9. The van der Waals surface area contributed by atoms with Crippen LogP contribution in [0.15, 0.2) is 0 Å². The Morgan fingerprint density at radius 2 is 1.50 bits per heavy atom. The Balaban J connectivity index is 0. The molecule has 0 unspecified atom stereocenters. The Labute approximate surface area is 105 Å². The van der Waals surface area contributed by atoms with E-state index in [4.69, 9.17) is 25.8 Å². The molecule has 0 rings (SSSR count). The summed E-state index contributed by atoms with van der Waals surface area (Å²) in [7, 11) is 0. The van der Waals surface area contributed by atoms with E-state index in [9.17, 15) is 9.59 Å². The lowest BCUT2D eigenvalue weighted by atomic mass is 10.2. The van der Waals surface area contributed by atoms with Crippen LogP contribution in [-0.4, -0.2) is 64.8 Å². The van der Waals surface area contributed by atoms with Gasteiger partial charge in [0.15, 0.2) is 0 Å².